The molecule has 8 nitrogen and oxygen atoms in total. The highest BCUT2D eigenvalue weighted by Crippen LogP contribution is 2.32. The number of H-pyrrole nitrogens is 1. The number of benzene rings is 2. The highest BCUT2D eigenvalue weighted by atomic mass is 35.5. The molecule has 2 heterocycles. The number of aromatic amines is 1. The quantitative estimate of drug-likeness (QED) is 0.425. The molecule has 0 saturated heterocycles. The first kappa shape index (κ1) is 27.5. The van der Waals surface area contributed by atoms with Crippen LogP contribution in [0.1, 0.15) is 28.2 Å². The van der Waals surface area contributed by atoms with Gasteiger partial charge in [0.15, 0.2) is 5.69 Å². The number of nitrogens with zero attached hydrogens (tertiary/aromatic N) is 3. The number of aliphatic imine (C=N–C) groups is 1. The molecule has 0 atom stereocenters. The van der Waals surface area contributed by atoms with Crippen LogP contribution in [0.2, 0.25) is 10.0 Å². The summed E-state index contributed by atoms with van der Waals surface area (Å²) in [6, 6.07) is 9.35. The minimum Gasteiger partial charge on any atom is -0.497 e. The fraction of sp³-hybridized carbons (Fsp3) is 0.280. The van der Waals surface area contributed by atoms with E-state index >= 15 is 0 Å². The molecular weight excluding hydrogens is 548 g/mol. The van der Waals surface area contributed by atoms with Crippen molar-refractivity contribution in [1.82, 2.24) is 14.9 Å². The van der Waals surface area contributed by atoms with Crippen LogP contribution >= 0.6 is 23.2 Å². The van der Waals surface area contributed by atoms with E-state index in [1.165, 1.54) is 37.3 Å². The first-order valence-electron chi connectivity index (χ1n) is 11.2. The number of halogens is 5. The maximum absolute atomic E-state index is 14.0. The van der Waals surface area contributed by atoms with Gasteiger partial charge in [-0.25, -0.2) is 4.98 Å². The van der Waals surface area contributed by atoms with Crippen LogP contribution in [-0.4, -0.2) is 47.4 Å². The molecule has 0 unspecified atom stereocenters. The monoisotopic (exact) mass is 568 g/mol. The summed E-state index contributed by atoms with van der Waals surface area (Å²) < 4.78 is 52.4. The van der Waals surface area contributed by atoms with Crippen molar-refractivity contribution in [3.05, 3.63) is 85.0 Å². The van der Waals surface area contributed by atoms with Crippen LogP contribution in [0.4, 0.5) is 13.2 Å². The third kappa shape index (κ3) is 5.94. The molecule has 4 rings (SSSR count). The molecule has 3 aromatic rings. The standard InChI is InChI=1S/C25H21Cl2F3N4O4/c1-37-15-5-4-14(19(9-15)38-2)12-34-21(31-11-22(34)35)10-20-32-23(25(28,29)30)16(24(36)33-20)7-13-3-6-17(26)18(27)8-13/h3-6,8-9H,7,10-12H2,1-2H3,(H,32,33,36). The van der Waals surface area contributed by atoms with Gasteiger partial charge in [-0.15, -0.1) is 0 Å². The van der Waals surface area contributed by atoms with Gasteiger partial charge >= 0.3 is 6.18 Å². The van der Waals surface area contributed by atoms with Gasteiger partial charge in [0.25, 0.3) is 5.56 Å². The number of rotatable bonds is 8. The molecule has 0 fully saturated rings. The molecule has 1 N–H and O–H groups in total. The number of nitrogens with one attached hydrogen (secondary N) is 1. The Morgan fingerprint density at radius 2 is 1.79 bits per heavy atom. The van der Waals surface area contributed by atoms with E-state index in [2.05, 4.69) is 15.0 Å². The Hall–Kier alpha value is -3.57. The zero-order valence-corrected chi connectivity index (χ0v) is 21.7. The Morgan fingerprint density at radius 3 is 2.45 bits per heavy atom. The number of carbonyl (C=O) groups excluding carboxylic acids is 1. The van der Waals surface area contributed by atoms with Gasteiger partial charge in [-0.05, 0) is 29.8 Å². The lowest BCUT2D eigenvalue weighted by Crippen LogP contribution is -2.34. The summed E-state index contributed by atoms with van der Waals surface area (Å²) in [6.07, 6.45) is -5.56. The summed E-state index contributed by atoms with van der Waals surface area (Å²) in [6.45, 7) is -0.129. The molecule has 1 aliphatic rings. The molecule has 13 heteroatoms. The molecule has 38 heavy (non-hydrogen) atoms. The minimum absolute atomic E-state index is 0.0522. The molecule has 0 saturated carbocycles. The number of ether oxygens (including phenoxy) is 2. The Labute approximate surface area is 225 Å². The summed E-state index contributed by atoms with van der Waals surface area (Å²) in [5.74, 6) is 0.546. The largest absolute Gasteiger partial charge is 0.497 e. The van der Waals surface area contributed by atoms with E-state index in [-0.39, 0.29) is 53.5 Å². The smallest absolute Gasteiger partial charge is 0.433 e. The predicted octanol–water partition coefficient (Wildman–Crippen LogP) is 4.69. The number of alkyl halides is 3. The molecule has 1 aliphatic heterocycles. The summed E-state index contributed by atoms with van der Waals surface area (Å²) in [5.41, 5.74) is -1.86. The van der Waals surface area contributed by atoms with Crippen LogP contribution in [0.15, 0.2) is 46.2 Å². The zero-order valence-electron chi connectivity index (χ0n) is 20.2. The van der Waals surface area contributed by atoms with E-state index in [0.717, 1.165) is 0 Å². The van der Waals surface area contributed by atoms with Crippen molar-refractivity contribution < 1.29 is 27.4 Å². The number of aromatic nitrogens is 2. The summed E-state index contributed by atoms with van der Waals surface area (Å²) in [7, 11) is 2.97. The van der Waals surface area contributed by atoms with Crippen LogP contribution < -0.4 is 15.0 Å². The van der Waals surface area contributed by atoms with Crippen molar-refractivity contribution in [2.75, 3.05) is 20.8 Å². The third-order valence-corrected chi connectivity index (χ3v) is 6.59. The Balaban J connectivity index is 1.63. The first-order valence-corrected chi connectivity index (χ1v) is 11.9. The van der Waals surface area contributed by atoms with Gasteiger partial charge in [-0.1, -0.05) is 29.3 Å². The SMILES string of the molecule is COc1ccc(CN2C(=O)CN=C2Cc2nc(C(F)(F)F)c(Cc3ccc(Cl)c(Cl)c3)c(=O)[nH]2)c(OC)c1. The number of hydrogen-bond acceptors (Lipinski definition) is 6. The van der Waals surface area contributed by atoms with E-state index in [0.29, 0.717) is 22.6 Å². The number of carbonyl (C=O) groups is 1. The fourth-order valence-corrected chi connectivity index (χ4v) is 4.31. The van der Waals surface area contributed by atoms with Gasteiger partial charge in [-0.3, -0.25) is 19.5 Å². The van der Waals surface area contributed by atoms with Gasteiger partial charge in [-0.2, -0.15) is 13.2 Å². The first-order chi connectivity index (χ1) is 18.0. The highest BCUT2D eigenvalue weighted by Gasteiger charge is 2.38. The molecule has 200 valence electrons. The predicted molar refractivity (Wildman–Crippen MR) is 135 cm³/mol. The molecule has 0 radical (unpaired) electrons. The van der Waals surface area contributed by atoms with Gasteiger partial charge in [0.1, 0.15) is 29.7 Å². The average molecular weight is 569 g/mol. The van der Waals surface area contributed by atoms with Gasteiger partial charge in [0.2, 0.25) is 5.91 Å². The average Bonchev–Trinajstić information content (AvgIpc) is 3.21. The van der Waals surface area contributed by atoms with E-state index in [1.54, 1.807) is 18.2 Å². The Kier molecular flexibility index (Phi) is 7.98. The fourth-order valence-electron chi connectivity index (χ4n) is 3.99. The van der Waals surface area contributed by atoms with E-state index in [9.17, 15) is 22.8 Å². The van der Waals surface area contributed by atoms with Crippen molar-refractivity contribution in [2.45, 2.75) is 25.6 Å². The second kappa shape index (κ2) is 11.0. The summed E-state index contributed by atoms with van der Waals surface area (Å²) in [5, 5.41) is 0.383. The van der Waals surface area contributed by atoms with Crippen LogP contribution in [0, 0.1) is 0 Å². The van der Waals surface area contributed by atoms with Gasteiger partial charge < -0.3 is 14.5 Å². The molecule has 0 spiro atoms. The second-order valence-corrected chi connectivity index (χ2v) is 9.14. The lowest BCUT2D eigenvalue weighted by atomic mass is 10.0. The van der Waals surface area contributed by atoms with Crippen LogP contribution in [0.25, 0.3) is 0 Å². The van der Waals surface area contributed by atoms with E-state index in [4.69, 9.17) is 32.7 Å². The van der Waals surface area contributed by atoms with Crippen molar-refractivity contribution in [3.63, 3.8) is 0 Å². The number of amidine groups is 1. The third-order valence-electron chi connectivity index (χ3n) is 5.86. The van der Waals surface area contributed by atoms with Crippen LogP contribution in [-0.2, 0) is 30.4 Å². The zero-order chi connectivity index (χ0) is 27.6. The maximum Gasteiger partial charge on any atom is 0.433 e. The van der Waals surface area contributed by atoms with Crippen LogP contribution in [0.5, 0.6) is 11.5 Å². The maximum atomic E-state index is 14.0. The molecule has 1 amide bonds. The molecular formula is C25H21Cl2F3N4O4. The molecule has 0 bridgehead atoms. The van der Waals surface area contributed by atoms with Gasteiger partial charge in [0.05, 0.1) is 42.8 Å². The number of methoxy groups -OCH3 is 2. The molecule has 0 aliphatic carbocycles. The van der Waals surface area contributed by atoms with Crippen molar-refractivity contribution in [2.24, 2.45) is 4.99 Å². The van der Waals surface area contributed by atoms with Gasteiger partial charge in [0, 0.05) is 18.1 Å². The second-order valence-electron chi connectivity index (χ2n) is 8.33. The van der Waals surface area contributed by atoms with E-state index in [1.807, 2.05) is 0 Å². The lowest BCUT2D eigenvalue weighted by molar-refractivity contribution is -0.142. The van der Waals surface area contributed by atoms with Crippen molar-refractivity contribution in [1.29, 1.82) is 0 Å². The minimum atomic E-state index is -4.90. The van der Waals surface area contributed by atoms with Crippen LogP contribution in [0.3, 0.4) is 0 Å². The van der Waals surface area contributed by atoms with Crippen molar-refractivity contribution >= 4 is 34.9 Å². The highest BCUT2D eigenvalue weighted by molar-refractivity contribution is 6.42. The lowest BCUT2D eigenvalue weighted by Gasteiger charge is -2.20. The Bertz CT molecular complexity index is 1470. The van der Waals surface area contributed by atoms with Crippen molar-refractivity contribution in [3.8, 4) is 11.5 Å². The molecule has 2 aromatic carbocycles. The topological polar surface area (TPSA) is 96.9 Å². The Morgan fingerprint density at radius 1 is 1.03 bits per heavy atom. The van der Waals surface area contributed by atoms with E-state index < -0.39 is 23.0 Å². The summed E-state index contributed by atoms with van der Waals surface area (Å²) >= 11 is 11.9. The normalized spacial score (nSPS) is 13.6. The molecule has 1 aromatic heterocycles. The number of amides is 1. The summed E-state index contributed by atoms with van der Waals surface area (Å²) in [4.78, 5) is 37.0. The number of hydrogen-bond donors (Lipinski definition) is 1.